The van der Waals surface area contributed by atoms with E-state index < -0.39 is 5.97 Å². The van der Waals surface area contributed by atoms with Gasteiger partial charge in [0.1, 0.15) is 0 Å². The number of carbonyl (C=O) groups is 2. The van der Waals surface area contributed by atoms with Crippen LogP contribution in [0.15, 0.2) is 0 Å². The number of nitrogens with zero attached hydrogens (tertiary/aromatic N) is 1. The Labute approximate surface area is 87.1 Å². The third kappa shape index (κ3) is 5.82. The molecule has 0 heterocycles. The zero-order valence-electron chi connectivity index (χ0n) is 8.10. The number of amides is 1. The van der Waals surface area contributed by atoms with Crippen molar-refractivity contribution >= 4 is 23.6 Å². The lowest BCUT2D eigenvalue weighted by Crippen LogP contribution is -2.34. The monoisotopic (exact) mass is 221 g/mol. The van der Waals surface area contributed by atoms with Crippen LogP contribution in [0.25, 0.3) is 0 Å². The first-order valence-corrected chi connectivity index (χ1v) is 5.45. The molecule has 14 heavy (non-hydrogen) atoms. The van der Waals surface area contributed by atoms with Gasteiger partial charge in [0, 0.05) is 13.1 Å². The van der Waals surface area contributed by atoms with Crippen LogP contribution in [0.1, 0.15) is 6.92 Å². The summed E-state index contributed by atoms with van der Waals surface area (Å²) in [5, 5.41) is 17.0. The average Bonchev–Trinajstić information content (AvgIpc) is 2.13. The van der Waals surface area contributed by atoms with Crippen LogP contribution < -0.4 is 0 Å². The van der Waals surface area contributed by atoms with Gasteiger partial charge in [-0.3, -0.25) is 9.59 Å². The maximum Gasteiger partial charge on any atom is 0.313 e. The van der Waals surface area contributed by atoms with Crippen molar-refractivity contribution in [2.45, 2.75) is 6.92 Å². The molecule has 0 aromatic carbocycles. The molecular formula is C8H15NO4S. The Hall–Kier alpha value is -0.750. The first-order chi connectivity index (χ1) is 6.61. The normalized spacial score (nSPS) is 9.86. The van der Waals surface area contributed by atoms with Crippen molar-refractivity contribution in [3.05, 3.63) is 0 Å². The van der Waals surface area contributed by atoms with Crippen molar-refractivity contribution in [2.24, 2.45) is 0 Å². The van der Waals surface area contributed by atoms with Crippen LogP contribution in [0, 0.1) is 0 Å². The van der Waals surface area contributed by atoms with E-state index in [4.69, 9.17) is 10.2 Å². The van der Waals surface area contributed by atoms with Gasteiger partial charge in [-0.1, -0.05) is 0 Å². The van der Waals surface area contributed by atoms with Crippen LogP contribution in [0.4, 0.5) is 0 Å². The van der Waals surface area contributed by atoms with Crippen LogP contribution >= 0.6 is 11.8 Å². The molecule has 0 unspecified atom stereocenters. The number of aliphatic hydroxyl groups excluding tert-OH is 1. The van der Waals surface area contributed by atoms with Crippen molar-refractivity contribution in [3.63, 3.8) is 0 Å². The number of carboxylic acid groups (broad SMARTS) is 1. The number of rotatable bonds is 7. The fourth-order valence-electron chi connectivity index (χ4n) is 0.897. The number of aliphatic hydroxyl groups is 1. The highest BCUT2D eigenvalue weighted by Crippen LogP contribution is 2.02. The first kappa shape index (κ1) is 13.2. The van der Waals surface area contributed by atoms with Crippen LogP contribution in [0.3, 0.4) is 0 Å². The summed E-state index contributed by atoms with van der Waals surface area (Å²) in [5.74, 6) is -0.969. The fourth-order valence-corrected chi connectivity index (χ4v) is 1.53. The predicted octanol–water partition coefficient (Wildman–Crippen LogP) is -0.355. The second-order valence-electron chi connectivity index (χ2n) is 2.58. The van der Waals surface area contributed by atoms with E-state index in [1.807, 2.05) is 6.92 Å². The van der Waals surface area contributed by atoms with E-state index in [1.54, 1.807) is 0 Å². The molecule has 0 spiro atoms. The summed E-state index contributed by atoms with van der Waals surface area (Å²) in [5.41, 5.74) is 0. The van der Waals surface area contributed by atoms with Gasteiger partial charge in [-0.15, -0.1) is 11.8 Å². The lowest BCUT2D eigenvalue weighted by atomic mass is 10.5. The van der Waals surface area contributed by atoms with Crippen LogP contribution in [-0.2, 0) is 9.59 Å². The third-order valence-corrected chi connectivity index (χ3v) is 2.46. The minimum Gasteiger partial charge on any atom is -0.481 e. The molecule has 2 N–H and O–H groups in total. The summed E-state index contributed by atoms with van der Waals surface area (Å²) in [4.78, 5) is 23.0. The van der Waals surface area contributed by atoms with E-state index in [2.05, 4.69) is 0 Å². The predicted molar refractivity (Wildman–Crippen MR) is 54.3 cm³/mol. The van der Waals surface area contributed by atoms with Gasteiger partial charge in [0.05, 0.1) is 18.1 Å². The molecule has 0 saturated carbocycles. The highest BCUT2D eigenvalue weighted by atomic mass is 32.2. The molecule has 5 nitrogen and oxygen atoms in total. The van der Waals surface area contributed by atoms with Gasteiger partial charge < -0.3 is 15.1 Å². The number of carbonyl (C=O) groups excluding carboxylic acids is 1. The molecular weight excluding hydrogens is 206 g/mol. The molecule has 0 saturated heterocycles. The van der Waals surface area contributed by atoms with Crippen molar-refractivity contribution in [1.29, 1.82) is 0 Å². The molecule has 1 amide bonds. The molecule has 0 aromatic heterocycles. The minimum absolute atomic E-state index is 0.0663. The summed E-state index contributed by atoms with van der Waals surface area (Å²) >= 11 is 1.07. The summed E-state index contributed by atoms with van der Waals surface area (Å²) in [6, 6.07) is 0. The van der Waals surface area contributed by atoms with Crippen LogP contribution in [0.5, 0.6) is 0 Å². The van der Waals surface area contributed by atoms with Gasteiger partial charge in [0.15, 0.2) is 0 Å². The second kappa shape index (κ2) is 7.64. The van der Waals surface area contributed by atoms with Crippen molar-refractivity contribution < 1.29 is 19.8 Å². The third-order valence-electron chi connectivity index (χ3n) is 1.56. The summed E-state index contributed by atoms with van der Waals surface area (Å²) < 4.78 is 0. The minimum atomic E-state index is -0.923. The van der Waals surface area contributed by atoms with Crippen molar-refractivity contribution in [3.8, 4) is 0 Å². The van der Waals surface area contributed by atoms with Gasteiger partial charge >= 0.3 is 5.97 Å². The number of thioether (sulfide) groups is 1. The molecule has 0 atom stereocenters. The lowest BCUT2D eigenvalue weighted by Gasteiger charge is -2.18. The second-order valence-corrected chi connectivity index (χ2v) is 3.57. The van der Waals surface area contributed by atoms with E-state index >= 15 is 0 Å². The number of aliphatic carboxylic acids is 1. The van der Waals surface area contributed by atoms with Gasteiger partial charge in [0.25, 0.3) is 0 Å². The summed E-state index contributed by atoms with van der Waals surface area (Å²) in [6.45, 7) is 2.59. The molecule has 0 aliphatic heterocycles. The molecule has 0 aliphatic rings. The van der Waals surface area contributed by atoms with E-state index in [0.29, 0.717) is 13.1 Å². The summed E-state index contributed by atoms with van der Waals surface area (Å²) in [7, 11) is 0. The average molecular weight is 221 g/mol. The number of likely N-dealkylation sites (N-methyl/N-ethyl adjacent to an activating group) is 1. The van der Waals surface area contributed by atoms with E-state index in [-0.39, 0.29) is 24.0 Å². The van der Waals surface area contributed by atoms with Crippen molar-refractivity contribution in [1.82, 2.24) is 4.90 Å². The van der Waals surface area contributed by atoms with E-state index in [9.17, 15) is 9.59 Å². The Balaban J connectivity index is 3.74. The fraction of sp³-hybridized carbons (Fsp3) is 0.750. The molecule has 6 heteroatoms. The van der Waals surface area contributed by atoms with Gasteiger partial charge in [-0.2, -0.15) is 0 Å². The Morgan fingerprint density at radius 1 is 1.36 bits per heavy atom. The van der Waals surface area contributed by atoms with Gasteiger partial charge in [-0.25, -0.2) is 0 Å². The van der Waals surface area contributed by atoms with Crippen LogP contribution in [0.2, 0.25) is 0 Å². The Morgan fingerprint density at radius 2 is 2.00 bits per heavy atom. The molecule has 0 aliphatic carbocycles. The van der Waals surface area contributed by atoms with Gasteiger partial charge in [-0.05, 0) is 6.92 Å². The quantitative estimate of drug-likeness (QED) is 0.614. The van der Waals surface area contributed by atoms with Crippen LogP contribution in [-0.4, -0.2) is 58.2 Å². The highest BCUT2D eigenvalue weighted by Gasteiger charge is 2.11. The lowest BCUT2D eigenvalue weighted by molar-refractivity contribution is -0.133. The molecule has 0 fully saturated rings. The zero-order chi connectivity index (χ0) is 11.0. The zero-order valence-corrected chi connectivity index (χ0v) is 8.92. The van der Waals surface area contributed by atoms with E-state index in [1.165, 1.54) is 4.90 Å². The van der Waals surface area contributed by atoms with Crippen molar-refractivity contribution in [2.75, 3.05) is 31.2 Å². The molecule has 0 rings (SSSR count). The first-order valence-electron chi connectivity index (χ1n) is 4.30. The summed E-state index contributed by atoms with van der Waals surface area (Å²) in [6.07, 6.45) is 0. The van der Waals surface area contributed by atoms with Gasteiger partial charge in [0.2, 0.25) is 5.91 Å². The topological polar surface area (TPSA) is 77.8 Å². The number of hydrogen-bond acceptors (Lipinski definition) is 4. The number of hydrogen-bond donors (Lipinski definition) is 2. The SMILES string of the molecule is CCN(CCO)C(=O)CSCC(=O)O. The Kier molecular flexibility index (Phi) is 7.23. The smallest absolute Gasteiger partial charge is 0.313 e. The highest BCUT2D eigenvalue weighted by molar-refractivity contribution is 8.00. The maximum atomic E-state index is 11.3. The Morgan fingerprint density at radius 3 is 2.43 bits per heavy atom. The Bertz CT molecular complexity index is 198. The largest absolute Gasteiger partial charge is 0.481 e. The van der Waals surface area contributed by atoms with E-state index in [0.717, 1.165) is 11.8 Å². The molecule has 0 radical (unpaired) electrons. The molecule has 0 aromatic rings. The number of carboxylic acids is 1. The molecule has 82 valence electrons. The molecule has 0 bridgehead atoms. The maximum absolute atomic E-state index is 11.3. The standard InChI is InChI=1S/C8H15NO4S/c1-2-9(3-4-10)7(11)5-14-6-8(12)13/h10H,2-6H2,1H3,(H,12,13).